The minimum absolute atomic E-state index is 0.118. The Morgan fingerprint density at radius 2 is 2.10 bits per heavy atom. The Hall–Kier alpha value is -2.01. The molecule has 0 aliphatic rings. The third kappa shape index (κ3) is 3.76. The Morgan fingerprint density at radius 3 is 2.76 bits per heavy atom. The molecule has 2 rings (SSSR count). The molecule has 112 valence electrons. The lowest BCUT2D eigenvalue weighted by molar-refractivity contribution is 0.728. The van der Waals surface area contributed by atoms with E-state index in [1.165, 1.54) is 0 Å². The largest absolute Gasteiger partial charge is 0.370 e. The molecule has 0 amide bonds. The maximum Gasteiger partial charge on any atom is 0.223 e. The summed E-state index contributed by atoms with van der Waals surface area (Å²) in [5, 5.41) is 3.88. The molecule has 1 heterocycles. The number of nitrogens with zero attached hydrogens (tertiary/aromatic N) is 3. The molecule has 3 N–H and O–H groups in total. The standard InChI is InChI=1S/C15H20ClN5/c1-4-18-13-9-14(20-15(17)19-13)21(3)10(2)11-6-5-7-12(16)8-11/h5-10H,4H2,1-3H3,(H3,17,18,19,20). The number of rotatable bonds is 5. The second-order valence-electron chi connectivity index (χ2n) is 4.84. The van der Waals surface area contributed by atoms with Gasteiger partial charge in [-0.2, -0.15) is 9.97 Å². The highest BCUT2D eigenvalue weighted by atomic mass is 35.5. The van der Waals surface area contributed by atoms with E-state index in [0.29, 0.717) is 0 Å². The number of nitrogens with two attached hydrogens (primary N) is 1. The molecule has 6 heteroatoms. The zero-order chi connectivity index (χ0) is 15.4. The summed E-state index contributed by atoms with van der Waals surface area (Å²) in [7, 11) is 1.98. The van der Waals surface area contributed by atoms with Crippen LogP contribution >= 0.6 is 11.6 Å². The number of anilines is 3. The van der Waals surface area contributed by atoms with Crippen molar-refractivity contribution in [3.63, 3.8) is 0 Å². The summed E-state index contributed by atoms with van der Waals surface area (Å²) < 4.78 is 0. The van der Waals surface area contributed by atoms with E-state index in [2.05, 4.69) is 22.2 Å². The fourth-order valence-electron chi connectivity index (χ4n) is 2.09. The third-order valence-corrected chi connectivity index (χ3v) is 3.60. The molecule has 0 saturated carbocycles. The second kappa shape index (κ2) is 6.63. The quantitative estimate of drug-likeness (QED) is 0.887. The second-order valence-corrected chi connectivity index (χ2v) is 5.28. The molecule has 21 heavy (non-hydrogen) atoms. The molecule has 0 radical (unpaired) electrons. The summed E-state index contributed by atoms with van der Waals surface area (Å²) in [5.41, 5.74) is 6.90. The number of nitrogens with one attached hydrogen (secondary N) is 1. The van der Waals surface area contributed by atoms with Crippen LogP contribution in [0.2, 0.25) is 5.02 Å². The van der Waals surface area contributed by atoms with Gasteiger partial charge in [-0.3, -0.25) is 0 Å². The Kier molecular flexibility index (Phi) is 4.85. The van der Waals surface area contributed by atoms with E-state index in [4.69, 9.17) is 17.3 Å². The minimum atomic E-state index is 0.118. The smallest absolute Gasteiger partial charge is 0.223 e. The first kappa shape index (κ1) is 15.4. The average Bonchev–Trinajstić information content (AvgIpc) is 2.45. The number of benzene rings is 1. The molecule has 1 aromatic carbocycles. The maximum absolute atomic E-state index is 6.06. The summed E-state index contributed by atoms with van der Waals surface area (Å²) >= 11 is 6.06. The zero-order valence-electron chi connectivity index (χ0n) is 12.5. The predicted octanol–water partition coefficient (Wildman–Crippen LogP) is 3.34. The molecule has 2 aromatic rings. The van der Waals surface area contributed by atoms with Gasteiger partial charge in [-0.05, 0) is 31.5 Å². The van der Waals surface area contributed by atoms with Gasteiger partial charge in [0.15, 0.2) is 0 Å². The third-order valence-electron chi connectivity index (χ3n) is 3.36. The number of halogens is 1. The van der Waals surface area contributed by atoms with E-state index >= 15 is 0 Å². The molecular formula is C15H20ClN5. The van der Waals surface area contributed by atoms with Crippen molar-refractivity contribution in [1.29, 1.82) is 0 Å². The van der Waals surface area contributed by atoms with E-state index in [1.54, 1.807) is 0 Å². The van der Waals surface area contributed by atoms with Crippen molar-refractivity contribution < 1.29 is 0 Å². The van der Waals surface area contributed by atoms with Gasteiger partial charge in [0.1, 0.15) is 11.6 Å². The van der Waals surface area contributed by atoms with Crippen LogP contribution in [0.5, 0.6) is 0 Å². The first-order valence-electron chi connectivity index (χ1n) is 6.88. The van der Waals surface area contributed by atoms with Crippen LogP contribution in [-0.2, 0) is 0 Å². The van der Waals surface area contributed by atoms with Gasteiger partial charge in [-0.25, -0.2) is 0 Å². The molecule has 1 unspecified atom stereocenters. The van der Waals surface area contributed by atoms with E-state index in [1.807, 2.05) is 49.2 Å². The molecule has 0 fully saturated rings. The van der Waals surface area contributed by atoms with Crippen molar-refractivity contribution in [1.82, 2.24) is 9.97 Å². The molecule has 0 bridgehead atoms. The summed E-state index contributed by atoms with van der Waals surface area (Å²) in [6, 6.07) is 9.82. The Bertz CT molecular complexity index is 617. The SMILES string of the molecule is CCNc1cc(N(C)C(C)c2cccc(Cl)c2)nc(N)n1. The van der Waals surface area contributed by atoms with Crippen LogP contribution in [-0.4, -0.2) is 23.6 Å². The van der Waals surface area contributed by atoms with Gasteiger partial charge in [-0.15, -0.1) is 0 Å². The lowest BCUT2D eigenvalue weighted by atomic mass is 10.1. The molecule has 0 spiro atoms. The van der Waals surface area contributed by atoms with Crippen LogP contribution in [0.4, 0.5) is 17.6 Å². The van der Waals surface area contributed by atoms with Crippen LogP contribution in [0.15, 0.2) is 30.3 Å². The van der Waals surface area contributed by atoms with Crippen molar-refractivity contribution in [2.45, 2.75) is 19.9 Å². The number of hydrogen-bond donors (Lipinski definition) is 2. The predicted molar refractivity (Wildman–Crippen MR) is 88.9 cm³/mol. The molecule has 0 saturated heterocycles. The maximum atomic E-state index is 6.06. The normalized spacial score (nSPS) is 12.0. The monoisotopic (exact) mass is 305 g/mol. The zero-order valence-corrected chi connectivity index (χ0v) is 13.2. The topological polar surface area (TPSA) is 67.1 Å². The van der Waals surface area contributed by atoms with Crippen LogP contribution in [0, 0.1) is 0 Å². The molecule has 1 aromatic heterocycles. The van der Waals surface area contributed by atoms with Crippen molar-refractivity contribution in [3.05, 3.63) is 40.9 Å². The van der Waals surface area contributed by atoms with Crippen molar-refractivity contribution in [3.8, 4) is 0 Å². The molecule has 1 atom stereocenters. The highest BCUT2D eigenvalue weighted by Gasteiger charge is 2.15. The molecule has 0 aliphatic heterocycles. The summed E-state index contributed by atoms with van der Waals surface area (Å²) in [6.45, 7) is 4.89. The fourth-order valence-corrected chi connectivity index (χ4v) is 2.29. The number of nitrogen functional groups attached to an aromatic ring is 1. The Morgan fingerprint density at radius 1 is 1.33 bits per heavy atom. The van der Waals surface area contributed by atoms with Gasteiger partial charge >= 0.3 is 0 Å². The molecule has 0 aliphatic carbocycles. The summed E-state index contributed by atoms with van der Waals surface area (Å²) in [5.74, 6) is 1.75. The van der Waals surface area contributed by atoms with E-state index in [-0.39, 0.29) is 12.0 Å². The van der Waals surface area contributed by atoms with Gasteiger partial charge in [0.05, 0.1) is 6.04 Å². The van der Waals surface area contributed by atoms with Gasteiger partial charge < -0.3 is 16.0 Å². The van der Waals surface area contributed by atoms with Crippen LogP contribution < -0.4 is 16.0 Å². The number of aromatic nitrogens is 2. The van der Waals surface area contributed by atoms with Gasteiger partial charge in [0, 0.05) is 24.7 Å². The van der Waals surface area contributed by atoms with Crippen LogP contribution in [0.25, 0.3) is 0 Å². The first-order chi connectivity index (χ1) is 10.0. The fraction of sp³-hybridized carbons (Fsp3) is 0.333. The summed E-state index contributed by atoms with van der Waals surface area (Å²) in [6.07, 6.45) is 0. The van der Waals surface area contributed by atoms with E-state index in [0.717, 1.165) is 28.8 Å². The van der Waals surface area contributed by atoms with Gasteiger partial charge in [-0.1, -0.05) is 23.7 Å². The van der Waals surface area contributed by atoms with Crippen molar-refractivity contribution in [2.75, 3.05) is 29.5 Å². The number of hydrogen-bond acceptors (Lipinski definition) is 5. The van der Waals surface area contributed by atoms with Crippen LogP contribution in [0.3, 0.4) is 0 Å². The van der Waals surface area contributed by atoms with Crippen molar-refractivity contribution in [2.24, 2.45) is 0 Å². The molecule has 5 nitrogen and oxygen atoms in total. The van der Waals surface area contributed by atoms with Gasteiger partial charge in [0.25, 0.3) is 0 Å². The Labute approximate surface area is 130 Å². The lowest BCUT2D eigenvalue weighted by Gasteiger charge is -2.27. The minimum Gasteiger partial charge on any atom is -0.370 e. The first-order valence-corrected chi connectivity index (χ1v) is 7.25. The highest BCUT2D eigenvalue weighted by molar-refractivity contribution is 6.30. The van der Waals surface area contributed by atoms with E-state index < -0.39 is 0 Å². The van der Waals surface area contributed by atoms with Gasteiger partial charge in [0.2, 0.25) is 5.95 Å². The molecular weight excluding hydrogens is 286 g/mol. The summed E-state index contributed by atoms with van der Waals surface area (Å²) in [4.78, 5) is 10.5. The van der Waals surface area contributed by atoms with E-state index in [9.17, 15) is 0 Å². The van der Waals surface area contributed by atoms with Crippen molar-refractivity contribution >= 4 is 29.2 Å². The highest BCUT2D eigenvalue weighted by Crippen LogP contribution is 2.27. The average molecular weight is 306 g/mol. The van der Waals surface area contributed by atoms with Crippen LogP contribution in [0.1, 0.15) is 25.5 Å². The lowest BCUT2D eigenvalue weighted by Crippen LogP contribution is -2.23. The Balaban J connectivity index is 2.28.